The van der Waals surface area contributed by atoms with Crippen molar-refractivity contribution < 1.29 is 0 Å². The molecule has 0 aromatic carbocycles. The second kappa shape index (κ2) is 8.06. The lowest BCUT2D eigenvalue weighted by Gasteiger charge is -2.10. The SMILES string of the molecule is CCCC[C@@H](C)CNCCC. The highest BCUT2D eigenvalue weighted by Crippen LogP contribution is 2.05. The molecule has 0 saturated carbocycles. The molecule has 0 radical (unpaired) electrons. The zero-order valence-corrected chi connectivity index (χ0v) is 8.32. The molecule has 1 nitrogen and oxygen atoms in total. The van der Waals surface area contributed by atoms with Crippen LogP contribution in [0.1, 0.15) is 46.5 Å². The van der Waals surface area contributed by atoms with Crippen LogP contribution in [0.3, 0.4) is 0 Å². The molecule has 0 saturated heterocycles. The number of rotatable bonds is 7. The van der Waals surface area contributed by atoms with Gasteiger partial charge in [-0.15, -0.1) is 0 Å². The molecule has 0 aliphatic carbocycles. The predicted octanol–water partition coefficient (Wildman–Crippen LogP) is 2.81. The van der Waals surface area contributed by atoms with Gasteiger partial charge in [0.2, 0.25) is 0 Å². The summed E-state index contributed by atoms with van der Waals surface area (Å²) in [6.07, 6.45) is 5.35. The smallest absolute Gasteiger partial charge is 0.00232 e. The maximum absolute atomic E-state index is 3.44. The van der Waals surface area contributed by atoms with Gasteiger partial charge >= 0.3 is 0 Å². The predicted molar refractivity (Wildman–Crippen MR) is 51.8 cm³/mol. The molecule has 0 heterocycles. The van der Waals surface area contributed by atoms with E-state index in [2.05, 4.69) is 26.1 Å². The summed E-state index contributed by atoms with van der Waals surface area (Å²) in [5.74, 6) is 0.862. The van der Waals surface area contributed by atoms with E-state index in [0.29, 0.717) is 0 Å². The molecular weight excluding hydrogens is 134 g/mol. The van der Waals surface area contributed by atoms with Gasteiger partial charge in [0.1, 0.15) is 0 Å². The maximum atomic E-state index is 3.44. The van der Waals surface area contributed by atoms with Crippen molar-refractivity contribution in [3.63, 3.8) is 0 Å². The molecule has 0 aromatic rings. The van der Waals surface area contributed by atoms with E-state index in [9.17, 15) is 0 Å². The van der Waals surface area contributed by atoms with Crippen molar-refractivity contribution in [2.75, 3.05) is 13.1 Å². The first-order valence-electron chi connectivity index (χ1n) is 5.02. The van der Waals surface area contributed by atoms with Crippen LogP contribution in [-0.4, -0.2) is 13.1 Å². The fourth-order valence-electron chi connectivity index (χ4n) is 1.18. The molecular formula is C10H23N. The fraction of sp³-hybridized carbons (Fsp3) is 1.00. The summed E-state index contributed by atoms with van der Waals surface area (Å²) < 4.78 is 0. The van der Waals surface area contributed by atoms with Crippen LogP contribution in [0.15, 0.2) is 0 Å². The van der Waals surface area contributed by atoms with Crippen LogP contribution in [0.5, 0.6) is 0 Å². The summed E-state index contributed by atoms with van der Waals surface area (Å²) in [4.78, 5) is 0. The molecule has 68 valence electrons. The van der Waals surface area contributed by atoms with Gasteiger partial charge in [0.15, 0.2) is 0 Å². The van der Waals surface area contributed by atoms with Gasteiger partial charge in [0.05, 0.1) is 0 Å². The Balaban J connectivity index is 3.02. The topological polar surface area (TPSA) is 12.0 Å². The zero-order chi connectivity index (χ0) is 8.53. The summed E-state index contributed by atoms with van der Waals surface area (Å²) in [6.45, 7) is 9.18. The van der Waals surface area contributed by atoms with Crippen molar-refractivity contribution in [1.82, 2.24) is 5.32 Å². The monoisotopic (exact) mass is 157 g/mol. The van der Waals surface area contributed by atoms with Crippen molar-refractivity contribution in [3.05, 3.63) is 0 Å². The molecule has 0 amide bonds. The third kappa shape index (κ3) is 7.86. The van der Waals surface area contributed by atoms with E-state index in [4.69, 9.17) is 0 Å². The van der Waals surface area contributed by atoms with Gasteiger partial charge in [-0.1, -0.05) is 33.6 Å². The van der Waals surface area contributed by atoms with Crippen LogP contribution in [0.25, 0.3) is 0 Å². The second-order valence-corrected chi connectivity index (χ2v) is 3.45. The Bertz CT molecular complexity index is 71.3. The van der Waals surface area contributed by atoms with E-state index in [1.165, 1.54) is 38.8 Å². The van der Waals surface area contributed by atoms with E-state index in [1.807, 2.05) is 0 Å². The lowest BCUT2D eigenvalue weighted by molar-refractivity contribution is 0.464. The van der Waals surface area contributed by atoms with Crippen LogP contribution in [0.4, 0.5) is 0 Å². The minimum absolute atomic E-state index is 0.862. The standard InChI is InChI=1S/C10H23N/c1-4-6-7-10(3)9-11-8-5-2/h10-11H,4-9H2,1-3H3/t10-/m1/s1. The quantitative estimate of drug-likeness (QED) is 0.560. The summed E-state index contributed by atoms with van der Waals surface area (Å²) >= 11 is 0. The lowest BCUT2D eigenvalue weighted by Crippen LogP contribution is -2.21. The molecule has 1 N–H and O–H groups in total. The fourth-order valence-corrected chi connectivity index (χ4v) is 1.18. The van der Waals surface area contributed by atoms with Crippen LogP contribution in [0.2, 0.25) is 0 Å². The van der Waals surface area contributed by atoms with Crippen molar-refractivity contribution in [2.45, 2.75) is 46.5 Å². The van der Waals surface area contributed by atoms with Crippen molar-refractivity contribution in [1.29, 1.82) is 0 Å². The Hall–Kier alpha value is -0.0400. The van der Waals surface area contributed by atoms with E-state index in [-0.39, 0.29) is 0 Å². The Labute approximate surface area is 71.6 Å². The lowest BCUT2D eigenvalue weighted by atomic mass is 10.0. The Kier molecular flexibility index (Phi) is 8.03. The number of hydrogen-bond acceptors (Lipinski definition) is 1. The van der Waals surface area contributed by atoms with Crippen LogP contribution in [-0.2, 0) is 0 Å². The third-order valence-corrected chi connectivity index (χ3v) is 1.97. The molecule has 1 atom stereocenters. The Morgan fingerprint density at radius 2 is 1.91 bits per heavy atom. The largest absolute Gasteiger partial charge is 0.316 e. The molecule has 0 aromatic heterocycles. The summed E-state index contributed by atoms with van der Waals surface area (Å²) in [6, 6.07) is 0. The average Bonchev–Trinajstić information content (AvgIpc) is 2.01. The first-order chi connectivity index (χ1) is 5.31. The van der Waals surface area contributed by atoms with Crippen molar-refractivity contribution >= 4 is 0 Å². The van der Waals surface area contributed by atoms with Crippen molar-refractivity contribution in [2.24, 2.45) is 5.92 Å². The van der Waals surface area contributed by atoms with Crippen LogP contribution >= 0.6 is 0 Å². The number of nitrogens with one attached hydrogen (secondary N) is 1. The Morgan fingerprint density at radius 3 is 2.45 bits per heavy atom. The summed E-state index contributed by atoms with van der Waals surface area (Å²) in [5.41, 5.74) is 0. The van der Waals surface area contributed by atoms with Gasteiger partial charge in [0, 0.05) is 0 Å². The normalized spacial score (nSPS) is 13.4. The van der Waals surface area contributed by atoms with E-state index in [1.54, 1.807) is 0 Å². The maximum Gasteiger partial charge on any atom is -0.00232 e. The van der Waals surface area contributed by atoms with Crippen LogP contribution in [0, 0.1) is 5.92 Å². The molecule has 0 unspecified atom stereocenters. The average molecular weight is 157 g/mol. The summed E-state index contributed by atoms with van der Waals surface area (Å²) in [5, 5.41) is 3.44. The van der Waals surface area contributed by atoms with Gasteiger partial charge in [-0.25, -0.2) is 0 Å². The molecule has 0 aliphatic rings. The minimum atomic E-state index is 0.862. The highest BCUT2D eigenvalue weighted by Gasteiger charge is 1.98. The molecule has 0 rings (SSSR count). The summed E-state index contributed by atoms with van der Waals surface area (Å²) in [7, 11) is 0. The Morgan fingerprint density at radius 1 is 1.18 bits per heavy atom. The van der Waals surface area contributed by atoms with E-state index >= 15 is 0 Å². The van der Waals surface area contributed by atoms with Gasteiger partial charge < -0.3 is 5.32 Å². The number of hydrogen-bond donors (Lipinski definition) is 1. The highest BCUT2D eigenvalue weighted by atomic mass is 14.8. The van der Waals surface area contributed by atoms with Gasteiger partial charge in [-0.2, -0.15) is 0 Å². The minimum Gasteiger partial charge on any atom is -0.316 e. The second-order valence-electron chi connectivity index (χ2n) is 3.45. The first-order valence-corrected chi connectivity index (χ1v) is 5.02. The first kappa shape index (κ1) is 11.0. The highest BCUT2D eigenvalue weighted by molar-refractivity contribution is 4.56. The molecule has 1 heteroatoms. The number of unbranched alkanes of at least 4 members (excludes halogenated alkanes) is 1. The van der Waals surface area contributed by atoms with E-state index < -0.39 is 0 Å². The van der Waals surface area contributed by atoms with Crippen molar-refractivity contribution in [3.8, 4) is 0 Å². The zero-order valence-electron chi connectivity index (χ0n) is 8.32. The molecule has 0 aliphatic heterocycles. The van der Waals surface area contributed by atoms with Gasteiger partial charge in [-0.3, -0.25) is 0 Å². The van der Waals surface area contributed by atoms with E-state index in [0.717, 1.165) is 5.92 Å². The molecule has 11 heavy (non-hydrogen) atoms. The van der Waals surface area contributed by atoms with Gasteiger partial charge in [-0.05, 0) is 31.8 Å². The van der Waals surface area contributed by atoms with Gasteiger partial charge in [0.25, 0.3) is 0 Å². The molecule has 0 bridgehead atoms. The molecule has 0 spiro atoms. The third-order valence-electron chi connectivity index (χ3n) is 1.97. The van der Waals surface area contributed by atoms with Crippen LogP contribution < -0.4 is 5.32 Å². The molecule has 0 fully saturated rings.